The van der Waals surface area contributed by atoms with Crippen LogP contribution in [0, 0.1) is 6.92 Å². The van der Waals surface area contributed by atoms with E-state index in [1.54, 1.807) is 13.0 Å². The zero-order chi connectivity index (χ0) is 7.84. The van der Waals surface area contributed by atoms with E-state index < -0.39 is 0 Å². The third-order valence-corrected chi connectivity index (χ3v) is 1.57. The summed E-state index contributed by atoms with van der Waals surface area (Å²) < 4.78 is 5.20. The Morgan fingerprint density at radius 1 is 1.64 bits per heavy atom. The maximum atomic E-state index is 10.9. The van der Waals surface area contributed by atoms with Gasteiger partial charge in [-0.05, 0) is 6.08 Å². The second kappa shape index (κ2) is 2.05. The van der Waals surface area contributed by atoms with E-state index in [2.05, 4.69) is 4.98 Å². The van der Waals surface area contributed by atoms with Crippen LogP contribution >= 0.6 is 0 Å². The zero-order valence-electron chi connectivity index (χ0n) is 6.13. The number of oxazole rings is 1. The molecule has 0 amide bonds. The maximum absolute atomic E-state index is 10.9. The van der Waals surface area contributed by atoms with Crippen LogP contribution in [-0.4, -0.2) is 10.8 Å². The molecule has 0 saturated carbocycles. The molecule has 0 spiro atoms. The van der Waals surface area contributed by atoms with Gasteiger partial charge in [-0.1, -0.05) is 0 Å². The van der Waals surface area contributed by atoms with Crippen molar-refractivity contribution >= 4 is 17.9 Å². The van der Waals surface area contributed by atoms with Gasteiger partial charge < -0.3 is 4.42 Å². The van der Waals surface area contributed by atoms with Gasteiger partial charge in [-0.2, -0.15) is 0 Å². The summed E-state index contributed by atoms with van der Waals surface area (Å²) in [6.07, 6.45) is 3.71. The minimum atomic E-state index is 0.0887. The Labute approximate surface area is 63.0 Å². The SMILES string of the molecule is Cc1nc2c(o1)=CCC(=O)C=2. The van der Waals surface area contributed by atoms with Crippen LogP contribution in [0.5, 0.6) is 0 Å². The lowest BCUT2D eigenvalue weighted by Crippen LogP contribution is -2.27. The van der Waals surface area contributed by atoms with Gasteiger partial charge in [0.25, 0.3) is 0 Å². The molecule has 0 N–H and O–H groups in total. The third kappa shape index (κ3) is 0.981. The van der Waals surface area contributed by atoms with Crippen LogP contribution in [-0.2, 0) is 4.79 Å². The van der Waals surface area contributed by atoms with Crippen molar-refractivity contribution in [1.82, 2.24) is 4.98 Å². The second-order valence-corrected chi connectivity index (χ2v) is 2.50. The Bertz CT molecular complexity index is 414. The first-order valence-electron chi connectivity index (χ1n) is 3.44. The fourth-order valence-electron chi connectivity index (χ4n) is 1.11. The van der Waals surface area contributed by atoms with Crippen LogP contribution < -0.4 is 10.8 Å². The van der Waals surface area contributed by atoms with Gasteiger partial charge in [-0.15, -0.1) is 0 Å². The predicted octanol–water partition coefficient (Wildman–Crippen LogP) is -0.483. The normalized spacial score (nSPS) is 15.2. The van der Waals surface area contributed by atoms with Gasteiger partial charge in [0, 0.05) is 19.4 Å². The smallest absolute Gasteiger partial charge is 0.192 e. The molecular weight excluding hydrogens is 142 g/mol. The minimum absolute atomic E-state index is 0.0887. The average molecular weight is 149 g/mol. The van der Waals surface area contributed by atoms with Crippen molar-refractivity contribution in [2.24, 2.45) is 0 Å². The van der Waals surface area contributed by atoms with E-state index in [0.29, 0.717) is 17.7 Å². The molecule has 0 aromatic carbocycles. The van der Waals surface area contributed by atoms with E-state index in [0.717, 1.165) is 5.42 Å². The summed E-state index contributed by atoms with van der Waals surface area (Å²) in [5.41, 5.74) is 0.724. The number of nitrogens with zero attached hydrogens (tertiary/aromatic N) is 1. The highest BCUT2D eigenvalue weighted by Gasteiger charge is 2.04. The van der Waals surface area contributed by atoms with Gasteiger partial charge in [0.05, 0.1) is 0 Å². The van der Waals surface area contributed by atoms with Crippen LogP contribution in [0.3, 0.4) is 0 Å². The van der Waals surface area contributed by atoms with Crippen molar-refractivity contribution in [3.63, 3.8) is 0 Å². The Balaban J connectivity index is 2.82. The van der Waals surface area contributed by atoms with Gasteiger partial charge in [0.2, 0.25) is 0 Å². The maximum Gasteiger partial charge on any atom is 0.192 e. The number of rotatable bonds is 0. The average Bonchev–Trinajstić information content (AvgIpc) is 2.27. The molecule has 0 radical (unpaired) electrons. The number of ketones is 1. The lowest BCUT2D eigenvalue weighted by molar-refractivity contribution is -0.112. The van der Waals surface area contributed by atoms with E-state index in [1.807, 2.05) is 0 Å². The Morgan fingerprint density at radius 3 is 3.27 bits per heavy atom. The molecule has 0 fully saturated rings. The van der Waals surface area contributed by atoms with Gasteiger partial charge in [0.15, 0.2) is 17.1 Å². The number of hydrogen-bond donors (Lipinski definition) is 0. The lowest BCUT2D eigenvalue weighted by atomic mass is 10.2. The molecule has 1 aromatic rings. The molecule has 0 saturated heterocycles. The fourth-order valence-corrected chi connectivity index (χ4v) is 1.11. The molecule has 2 rings (SSSR count). The molecule has 1 aliphatic rings. The number of carbonyl (C=O) groups excluding carboxylic acids is 1. The van der Waals surface area contributed by atoms with Crippen molar-refractivity contribution in [2.75, 3.05) is 0 Å². The molecule has 0 aliphatic heterocycles. The van der Waals surface area contributed by atoms with E-state index in [1.165, 1.54) is 6.08 Å². The lowest BCUT2D eigenvalue weighted by Gasteiger charge is -1.88. The van der Waals surface area contributed by atoms with E-state index >= 15 is 0 Å². The number of Topliss-reactive ketones (excluding diaryl/α,β-unsaturated/α-hetero) is 1. The van der Waals surface area contributed by atoms with Crippen molar-refractivity contribution in [1.29, 1.82) is 0 Å². The molecule has 3 nitrogen and oxygen atoms in total. The van der Waals surface area contributed by atoms with Crippen LogP contribution in [0.1, 0.15) is 12.3 Å². The summed E-state index contributed by atoms with van der Waals surface area (Å²) in [7, 11) is 0. The molecule has 1 aromatic heterocycles. The highest BCUT2D eigenvalue weighted by Crippen LogP contribution is 1.91. The summed E-state index contributed by atoms with van der Waals surface area (Å²) in [5.74, 6) is 0.697. The summed E-state index contributed by atoms with van der Waals surface area (Å²) in [6, 6.07) is 0. The number of aromatic nitrogens is 1. The summed E-state index contributed by atoms with van der Waals surface area (Å²) in [4.78, 5) is 14.9. The van der Waals surface area contributed by atoms with Crippen LogP contribution in [0.15, 0.2) is 4.42 Å². The first-order chi connectivity index (χ1) is 5.25. The van der Waals surface area contributed by atoms with Crippen LogP contribution in [0.2, 0.25) is 0 Å². The number of carbonyl (C=O) groups is 1. The molecule has 0 atom stereocenters. The highest BCUT2D eigenvalue weighted by molar-refractivity contribution is 6.08. The largest absolute Gasteiger partial charge is 0.441 e. The molecule has 3 heteroatoms. The van der Waals surface area contributed by atoms with Gasteiger partial charge in [-0.3, -0.25) is 4.79 Å². The van der Waals surface area contributed by atoms with Crippen molar-refractivity contribution in [3.8, 4) is 0 Å². The second-order valence-electron chi connectivity index (χ2n) is 2.50. The third-order valence-electron chi connectivity index (χ3n) is 1.57. The Morgan fingerprint density at radius 2 is 2.45 bits per heavy atom. The van der Waals surface area contributed by atoms with Crippen molar-refractivity contribution in [3.05, 3.63) is 16.7 Å². The first kappa shape index (κ1) is 6.34. The first-order valence-corrected chi connectivity index (χ1v) is 3.44. The van der Waals surface area contributed by atoms with Crippen LogP contribution in [0.25, 0.3) is 12.2 Å². The van der Waals surface area contributed by atoms with Crippen molar-refractivity contribution < 1.29 is 9.21 Å². The summed E-state index contributed by atoms with van der Waals surface area (Å²) in [6.45, 7) is 1.77. The minimum Gasteiger partial charge on any atom is -0.441 e. The molecule has 56 valence electrons. The van der Waals surface area contributed by atoms with Gasteiger partial charge >= 0.3 is 0 Å². The molecular formula is C8H7NO2. The van der Waals surface area contributed by atoms with E-state index in [9.17, 15) is 4.79 Å². The van der Waals surface area contributed by atoms with Crippen molar-refractivity contribution in [2.45, 2.75) is 13.3 Å². The van der Waals surface area contributed by atoms with Crippen LogP contribution in [0.4, 0.5) is 0 Å². The predicted molar refractivity (Wildman–Crippen MR) is 39.0 cm³/mol. The monoisotopic (exact) mass is 149 g/mol. The molecule has 0 unspecified atom stereocenters. The molecule has 11 heavy (non-hydrogen) atoms. The molecule has 1 aliphatic carbocycles. The van der Waals surface area contributed by atoms with Gasteiger partial charge in [-0.25, -0.2) is 4.98 Å². The molecule has 0 bridgehead atoms. The van der Waals surface area contributed by atoms with E-state index in [-0.39, 0.29) is 5.78 Å². The number of hydrogen-bond acceptors (Lipinski definition) is 3. The summed E-state index contributed by atoms with van der Waals surface area (Å²) >= 11 is 0. The summed E-state index contributed by atoms with van der Waals surface area (Å²) in [5, 5.41) is 0.666. The standard InChI is InChI=1S/C8H7NO2/c1-5-9-7-4-6(10)2-3-8(7)11-5/h3-4H,2H2,1H3. The van der Waals surface area contributed by atoms with E-state index in [4.69, 9.17) is 4.42 Å². The zero-order valence-corrected chi connectivity index (χ0v) is 6.13. The fraction of sp³-hybridized carbons (Fsp3) is 0.250. The highest BCUT2D eigenvalue weighted by atomic mass is 16.3. The quantitative estimate of drug-likeness (QED) is 0.500. The Kier molecular flexibility index (Phi) is 1.18. The number of fused-ring (bicyclic) bond motifs is 1. The number of aryl methyl sites for hydroxylation is 1. The molecule has 1 heterocycles. The van der Waals surface area contributed by atoms with Gasteiger partial charge in [0.1, 0.15) is 5.35 Å². The topological polar surface area (TPSA) is 43.1 Å². The Hall–Kier alpha value is -1.38.